The average Bonchev–Trinajstić information content (AvgIpc) is 2.70. The van der Waals surface area contributed by atoms with Gasteiger partial charge in [-0.3, -0.25) is 14.5 Å². The maximum absolute atomic E-state index is 12.7. The summed E-state index contributed by atoms with van der Waals surface area (Å²) >= 11 is 0. The molecule has 29 heavy (non-hydrogen) atoms. The third kappa shape index (κ3) is 6.45. The zero-order chi connectivity index (χ0) is 21.6. The summed E-state index contributed by atoms with van der Waals surface area (Å²) in [4.78, 5) is 40.2. The Hall–Kier alpha value is -2.61. The van der Waals surface area contributed by atoms with E-state index in [0.29, 0.717) is 19.6 Å². The maximum Gasteiger partial charge on any atom is 0.410 e. The van der Waals surface area contributed by atoms with Crippen molar-refractivity contribution in [2.75, 3.05) is 26.7 Å². The van der Waals surface area contributed by atoms with Gasteiger partial charge in [0.05, 0.1) is 13.2 Å². The van der Waals surface area contributed by atoms with Gasteiger partial charge in [0, 0.05) is 26.1 Å². The number of carbonyl (C=O) groups is 3. The third-order valence-corrected chi connectivity index (χ3v) is 4.72. The van der Waals surface area contributed by atoms with E-state index in [1.165, 1.54) is 7.11 Å². The van der Waals surface area contributed by atoms with Gasteiger partial charge < -0.3 is 20.1 Å². The Morgan fingerprint density at radius 1 is 1.17 bits per heavy atom. The van der Waals surface area contributed by atoms with Crippen LogP contribution in [0.3, 0.4) is 0 Å². The lowest BCUT2D eigenvalue weighted by Gasteiger charge is -2.42. The minimum atomic E-state index is -0.822. The standard InChI is InChI=1S/C21H31N3O5/c1-21(2,3)29-20(27)24-13-12-23(14-17(24)15-8-6-5-7-9-15)18(25)11-10-16(22)19(26)28-4/h5-9,16-17H,10-14,22H2,1-4H3. The zero-order valence-corrected chi connectivity index (χ0v) is 17.6. The van der Waals surface area contributed by atoms with Crippen LogP contribution in [-0.2, 0) is 19.1 Å². The smallest absolute Gasteiger partial charge is 0.410 e. The first-order valence-electron chi connectivity index (χ1n) is 9.78. The minimum Gasteiger partial charge on any atom is -0.468 e. The Morgan fingerprint density at radius 2 is 1.83 bits per heavy atom. The van der Waals surface area contributed by atoms with Gasteiger partial charge in [0.1, 0.15) is 11.6 Å². The fraction of sp³-hybridized carbons (Fsp3) is 0.571. The van der Waals surface area contributed by atoms with E-state index < -0.39 is 23.7 Å². The number of methoxy groups -OCH3 is 1. The summed E-state index contributed by atoms with van der Waals surface area (Å²) in [5.41, 5.74) is 6.06. The molecule has 1 aliphatic heterocycles. The first-order chi connectivity index (χ1) is 13.6. The van der Waals surface area contributed by atoms with E-state index in [0.717, 1.165) is 5.56 Å². The number of nitrogens with two attached hydrogens (primary N) is 1. The normalized spacial score (nSPS) is 18.2. The Kier molecular flexibility index (Phi) is 7.61. The van der Waals surface area contributed by atoms with E-state index in [1.54, 1.807) is 9.80 Å². The molecule has 8 heteroatoms. The predicted molar refractivity (Wildman–Crippen MR) is 108 cm³/mol. The molecular formula is C21H31N3O5. The number of amides is 2. The highest BCUT2D eigenvalue weighted by Gasteiger charge is 2.35. The Labute approximate surface area is 171 Å². The molecule has 2 unspecified atom stereocenters. The molecule has 0 radical (unpaired) electrons. The summed E-state index contributed by atoms with van der Waals surface area (Å²) in [6, 6.07) is 8.44. The Bertz CT molecular complexity index is 717. The number of rotatable bonds is 5. The number of carbonyl (C=O) groups excluding carboxylic acids is 3. The lowest BCUT2D eigenvalue weighted by atomic mass is 10.0. The largest absolute Gasteiger partial charge is 0.468 e. The van der Waals surface area contributed by atoms with Crippen LogP contribution in [0.4, 0.5) is 4.79 Å². The van der Waals surface area contributed by atoms with Gasteiger partial charge in [-0.15, -0.1) is 0 Å². The summed E-state index contributed by atoms with van der Waals surface area (Å²) in [5, 5.41) is 0. The number of nitrogens with zero attached hydrogens (tertiary/aromatic N) is 2. The van der Waals surface area contributed by atoms with Crippen LogP contribution in [0.15, 0.2) is 30.3 Å². The van der Waals surface area contributed by atoms with Gasteiger partial charge in [-0.05, 0) is 32.8 Å². The Balaban J connectivity index is 2.10. The van der Waals surface area contributed by atoms with Gasteiger partial charge in [-0.25, -0.2) is 4.79 Å². The molecule has 1 saturated heterocycles. The molecule has 0 saturated carbocycles. The van der Waals surface area contributed by atoms with Crippen molar-refractivity contribution in [3.8, 4) is 0 Å². The molecule has 0 bridgehead atoms. The van der Waals surface area contributed by atoms with Gasteiger partial charge in [0.2, 0.25) is 5.91 Å². The molecule has 8 nitrogen and oxygen atoms in total. The van der Waals surface area contributed by atoms with Crippen LogP contribution in [-0.4, -0.2) is 66.2 Å². The quantitative estimate of drug-likeness (QED) is 0.753. The number of piperazine rings is 1. The highest BCUT2D eigenvalue weighted by atomic mass is 16.6. The van der Waals surface area contributed by atoms with Crippen LogP contribution in [0.1, 0.15) is 45.2 Å². The first kappa shape index (κ1) is 22.7. The molecule has 1 aliphatic rings. The lowest BCUT2D eigenvalue weighted by molar-refractivity contribution is -0.142. The highest BCUT2D eigenvalue weighted by Crippen LogP contribution is 2.27. The number of esters is 1. The lowest BCUT2D eigenvalue weighted by Crippen LogP contribution is -2.53. The van der Waals surface area contributed by atoms with E-state index in [-0.39, 0.29) is 24.8 Å². The number of ether oxygens (including phenoxy) is 2. The zero-order valence-electron chi connectivity index (χ0n) is 17.6. The number of hydrogen-bond acceptors (Lipinski definition) is 6. The molecule has 2 atom stereocenters. The highest BCUT2D eigenvalue weighted by molar-refractivity contribution is 5.79. The molecule has 1 heterocycles. The summed E-state index contributed by atoms with van der Waals surface area (Å²) in [6.07, 6.45) is -0.0379. The van der Waals surface area contributed by atoms with Crippen molar-refractivity contribution in [3.63, 3.8) is 0 Å². The molecule has 1 aromatic rings. The molecule has 2 rings (SSSR count). The van der Waals surface area contributed by atoms with Crippen molar-refractivity contribution in [2.24, 2.45) is 5.73 Å². The predicted octanol–water partition coefficient (Wildman–Crippen LogP) is 2.09. The van der Waals surface area contributed by atoms with E-state index in [1.807, 2.05) is 51.1 Å². The van der Waals surface area contributed by atoms with Crippen LogP contribution in [0.5, 0.6) is 0 Å². The summed E-state index contributed by atoms with van der Waals surface area (Å²) in [5.74, 6) is -0.635. The van der Waals surface area contributed by atoms with Gasteiger partial charge in [0.15, 0.2) is 0 Å². The third-order valence-electron chi connectivity index (χ3n) is 4.72. The second-order valence-corrected chi connectivity index (χ2v) is 8.11. The fourth-order valence-electron chi connectivity index (χ4n) is 3.22. The van der Waals surface area contributed by atoms with Crippen LogP contribution < -0.4 is 5.73 Å². The first-order valence-corrected chi connectivity index (χ1v) is 9.78. The van der Waals surface area contributed by atoms with E-state index in [4.69, 9.17) is 10.5 Å². The number of benzene rings is 1. The fourth-order valence-corrected chi connectivity index (χ4v) is 3.22. The topological polar surface area (TPSA) is 102 Å². The second kappa shape index (κ2) is 9.73. The molecular weight excluding hydrogens is 374 g/mol. The average molecular weight is 405 g/mol. The molecule has 2 amide bonds. The van der Waals surface area contributed by atoms with Crippen molar-refractivity contribution < 1.29 is 23.9 Å². The van der Waals surface area contributed by atoms with Gasteiger partial charge in [-0.1, -0.05) is 30.3 Å². The summed E-state index contributed by atoms with van der Waals surface area (Å²) in [7, 11) is 1.27. The molecule has 0 aromatic heterocycles. The summed E-state index contributed by atoms with van der Waals surface area (Å²) < 4.78 is 10.2. The molecule has 1 aromatic carbocycles. The van der Waals surface area contributed by atoms with Gasteiger partial charge in [-0.2, -0.15) is 0 Å². The second-order valence-electron chi connectivity index (χ2n) is 8.11. The number of hydrogen-bond donors (Lipinski definition) is 1. The van der Waals surface area contributed by atoms with Crippen LogP contribution >= 0.6 is 0 Å². The van der Waals surface area contributed by atoms with Crippen LogP contribution in [0.2, 0.25) is 0 Å². The minimum absolute atomic E-state index is 0.103. The maximum atomic E-state index is 12.7. The molecule has 2 N–H and O–H groups in total. The monoisotopic (exact) mass is 405 g/mol. The van der Waals surface area contributed by atoms with Gasteiger partial charge >= 0.3 is 12.1 Å². The van der Waals surface area contributed by atoms with Crippen molar-refractivity contribution in [1.29, 1.82) is 0 Å². The Morgan fingerprint density at radius 3 is 2.41 bits per heavy atom. The van der Waals surface area contributed by atoms with Crippen molar-refractivity contribution in [2.45, 2.75) is 51.3 Å². The van der Waals surface area contributed by atoms with Crippen molar-refractivity contribution >= 4 is 18.0 Å². The molecule has 160 valence electrons. The van der Waals surface area contributed by atoms with E-state index >= 15 is 0 Å². The SMILES string of the molecule is COC(=O)C(N)CCC(=O)N1CCN(C(=O)OC(C)(C)C)C(c2ccccc2)C1. The van der Waals surface area contributed by atoms with Crippen molar-refractivity contribution in [3.05, 3.63) is 35.9 Å². The molecule has 0 spiro atoms. The summed E-state index contributed by atoms with van der Waals surface area (Å²) in [6.45, 7) is 6.60. The van der Waals surface area contributed by atoms with E-state index in [9.17, 15) is 14.4 Å². The van der Waals surface area contributed by atoms with Crippen molar-refractivity contribution in [1.82, 2.24) is 9.80 Å². The van der Waals surface area contributed by atoms with E-state index in [2.05, 4.69) is 4.74 Å². The van der Waals surface area contributed by atoms with Crippen LogP contribution in [0.25, 0.3) is 0 Å². The van der Waals surface area contributed by atoms with Crippen LogP contribution in [0, 0.1) is 0 Å². The van der Waals surface area contributed by atoms with Gasteiger partial charge in [0.25, 0.3) is 0 Å². The molecule has 1 fully saturated rings. The molecule has 0 aliphatic carbocycles.